The molecule has 1 saturated carbocycles. The lowest BCUT2D eigenvalue weighted by atomic mass is 10.1. The zero-order valence-corrected chi connectivity index (χ0v) is 32.6. The molecule has 2 N–H and O–H groups in total. The van der Waals surface area contributed by atoms with Gasteiger partial charge in [-0.05, 0) is 54.4 Å². The highest BCUT2D eigenvalue weighted by Crippen LogP contribution is 2.46. The Morgan fingerprint density at radius 1 is 0.870 bits per heavy atom. The lowest BCUT2D eigenvalue weighted by Crippen LogP contribution is -2.56. The van der Waals surface area contributed by atoms with Gasteiger partial charge in [0.05, 0.1) is 6.61 Å². The summed E-state index contributed by atoms with van der Waals surface area (Å²) < 4.78 is 16.3. The number of nitrogens with one attached hydrogen (secondary N) is 2. The molecule has 3 fully saturated rings. The van der Waals surface area contributed by atoms with Crippen molar-refractivity contribution in [3.8, 4) is 11.4 Å². The van der Waals surface area contributed by atoms with Crippen LogP contribution in [0.3, 0.4) is 0 Å². The fraction of sp³-hybridized carbons (Fsp3) is 0.615. The van der Waals surface area contributed by atoms with Gasteiger partial charge in [-0.2, -0.15) is 0 Å². The van der Waals surface area contributed by atoms with Gasteiger partial charge in [-0.1, -0.05) is 43.7 Å². The first-order valence-electron chi connectivity index (χ1n) is 18.9. The summed E-state index contributed by atoms with van der Waals surface area (Å²) in [5.41, 5.74) is -0.526. The van der Waals surface area contributed by atoms with Crippen molar-refractivity contribution < 1.29 is 38.2 Å². The third-order valence-electron chi connectivity index (χ3n) is 9.41. The van der Waals surface area contributed by atoms with E-state index in [-0.39, 0.29) is 68.5 Å². The number of esters is 1. The van der Waals surface area contributed by atoms with E-state index in [1.807, 2.05) is 58.0 Å². The Balaban J connectivity index is 1.31. The first-order valence-corrected chi connectivity index (χ1v) is 18.9. The molecule has 3 aliphatic rings. The van der Waals surface area contributed by atoms with Crippen molar-refractivity contribution in [1.82, 2.24) is 30.4 Å². The van der Waals surface area contributed by atoms with Crippen LogP contribution in [0.4, 0.5) is 15.4 Å². The molecular weight excluding hydrogens is 694 g/mol. The Labute approximate surface area is 317 Å². The van der Waals surface area contributed by atoms with Gasteiger partial charge in [0.2, 0.25) is 5.91 Å². The maximum atomic E-state index is 14.1. The van der Waals surface area contributed by atoms with Crippen molar-refractivity contribution in [1.29, 1.82) is 0 Å². The molecule has 0 radical (unpaired) electrons. The summed E-state index contributed by atoms with van der Waals surface area (Å²) in [5.74, 6) is -0.137. The van der Waals surface area contributed by atoms with Gasteiger partial charge in [-0.25, -0.2) is 19.6 Å². The van der Waals surface area contributed by atoms with Crippen LogP contribution in [0, 0.1) is 11.8 Å². The first-order chi connectivity index (χ1) is 25.5. The summed E-state index contributed by atoms with van der Waals surface area (Å²) in [7, 11) is 0. The number of benzene rings is 1. The average molecular weight is 750 g/mol. The van der Waals surface area contributed by atoms with Crippen LogP contribution in [0.5, 0.6) is 0 Å². The monoisotopic (exact) mass is 749 g/mol. The van der Waals surface area contributed by atoms with E-state index in [9.17, 15) is 24.0 Å². The van der Waals surface area contributed by atoms with Gasteiger partial charge in [0.25, 0.3) is 5.91 Å². The van der Waals surface area contributed by atoms with Crippen molar-refractivity contribution in [3.05, 3.63) is 42.1 Å². The highest BCUT2D eigenvalue weighted by molar-refractivity contribution is 5.97. The quantitative estimate of drug-likeness (QED) is 0.179. The van der Waals surface area contributed by atoms with Gasteiger partial charge in [0.1, 0.15) is 28.8 Å². The van der Waals surface area contributed by atoms with Crippen molar-refractivity contribution in [2.75, 3.05) is 50.8 Å². The van der Waals surface area contributed by atoms with Gasteiger partial charge in [-0.3, -0.25) is 14.4 Å². The standard InChI is InChI=1S/C39H55N7O8/c1-8-9-21-52-37(51)45-19-17-44(18-20-45)35(49)28(15-16-31(47)53-38(2,3)4)41-34(48)29-22-30(42-33(40-29)25-13-11-10-12-14-25)46-23-26-27(24-46)32(26)43-36(50)54-39(5,6)7/h10-14,22,26-28,32H,8-9,15-21,23-24H2,1-7H3,(H,41,48)(H,43,50)/t26-,27+,28-,32+/m0/s1. The van der Waals surface area contributed by atoms with Crippen LogP contribution in [0.25, 0.3) is 11.4 Å². The summed E-state index contributed by atoms with van der Waals surface area (Å²) in [5, 5.41) is 5.85. The number of fused-ring (bicyclic) bond motifs is 1. The number of anilines is 1. The van der Waals surface area contributed by atoms with E-state index in [1.54, 1.807) is 36.6 Å². The van der Waals surface area contributed by atoms with E-state index in [1.165, 1.54) is 0 Å². The molecule has 1 aromatic heterocycles. The number of rotatable bonds is 12. The number of aromatic nitrogens is 2. The topological polar surface area (TPSA) is 173 Å². The molecule has 3 heterocycles. The number of amides is 4. The van der Waals surface area contributed by atoms with Crippen LogP contribution >= 0.6 is 0 Å². The number of piperazine rings is 1. The van der Waals surface area contributed by atoms with Gasteiger partial charge in [0.15, 0.2) is 5.82 Å². The molecule has 0 spiro atoms. The molecule has 2 aromatic rings. The number of alkyl carbamates (subject to hydrolysis) is 1. The van der Waals surface area contributed by atoms with E-state index in [2.05, 4.69) is 20.5 Å². The predicted octanol–water partition coefficient (Wildman–Crippen LogP) is 4.40. The maximum absolute atomic E-state index is 14.1. The predicted molar refractivity (Wildman–Crippen MR) is 201 cm³/mol. The third kappa shape index (κ3) is 11.0. The van der Waals surface area contributed by atoms with E-state index in [0.29, 0.717) is 36.9 Å². The average Bonchev–Trinajstić information content (AvgIpc) is 3.52. The molecule has 15 heteroatoms. The molecule has 5 rings (SSSR count). The minimum absolute atomic E-state index is 0.000357. The molecule has 15 nitrogen and oxygen atoms in total. The lowest BCUT2D eigenvalue weighted by Gasteiger charge is -2.36. The molecule has 4 atom stereocenters. The molecule has 4 amide bonds. The maximum Gasteiger partial charge on any atom is 0.409 e. The minimum Gasteiger partial charge on any atom is -0.460 e. The number of carbonyl (C=O) groups is 5. The Kier molecular flexibility index (Phi) is 12.7. The molecule has 2 saturated heterocycles. The molecule has 1 aliphatic carbocycles. The molecule has 54 heavy (non-hydrogen) atoms. The smallest absolute Gasteiger partial charge is 0.409 e. The molecule has 2 aliphatic heterocycles. The molecule has 294 valence electrons. The van der Waals surface area contributed by atoms with Crippen molar-refractivity contribution in [2.45, 2.75) is 97.4 Å². The third-order valence-corrected chi connectivity index (χ3v) is 9.41. The van der Waals surface area contributed by atoms with Crippen LogP contribution in [0.1, 0.15) is 84.6 Å². The minimum atomic E-state index is -1.06. The molecule has 0 unspecified atom stereocenters. The Morgan fingerprint density at radius 2 is 1.50 bits per heavy atom. The fourth-order valence-electron chi connectivity index (χ4n) is 6.67. The second kappa shape index (κ2) is 17.0. The highest BCUT2D eigenvalue weighted by Gasteiger charge is 2.57. The normalized spacial score (nSPS) is 20.1. The summed E-state index contributed by atoms with van der Waals surface area (Å²) >= 11 is 0. The van der Waals surface area contributed by atoms with Crippen LogP contribution in [-0.4, -0.2) is 119 Å². The van der Waals surface area contributed by atoms with Crippen LogP contribution in [0.2, 0.25) is 0 Å². The summed E-state index contributed by atoms with van der Waals surface area (Å²) in [4.78, 5) is 80.4. The molecule has 0 bridgehead atoms. The van der Waals surface area contributed by atoms with Crippen LogP contribution < -0.4 is 15.5 Å². The number of nitrogens with zero attached hydrogens (tertiary/aromatic N) is 5. The summed E-state index contributed by atoms with van der Waals surface area (Å²) in [6.07, 6.45) is 0.731. The van der Waals surface area contributed by atoms with E-state index < -0.39 is 41.3 Å². The van der Waals surface area contributed by atoms with Crippen molar-refractivity contribution >= 4 is 35.8 Å². The van der Waals surface area contributed by atoms with Gasteiger partial charge in [0, 0.05) is 75.2 Å². The van der Waals surface area contributed by atoms with Crippen molar-refractivity contribution in [3.63, 3.8) is 0 Å². The summed E-state index contributed by atoms with van der Waals surface area (Å²) in [6.45, 7) is 15.4. The zero-order chi connectivity index (χ0) is 39.2. The Bertz CT molecular complexity index is 1650. The van der Waals surface area contributed by atoms with Gasteiger partial charge in [-0.15, -0.1) is 0 Å². The van der Waals surface area contributed by atoms with Crippen molar-refractivity contribution in [2.24, 2.45) is 11.8 Å². The number of piperidine rings is 1. The second-order valence-electron chi connectivity index (χ2n) is 16.1. The van der Waals surface area contributed by atoms with Gasteiger partial charge < -0.3 is 39.5 Å². The highest BCUT2D eigenvalue weighted by atomic mass is 16.6. The molecule has 1 aromatic carbocycles. The fourth-order valence-corrected chi connectivity index (χ4v) is 6.67. The second-order valence-corrected chi connectivity index (χ2v) is 16.1. The zero-order valence-electron chi connectivity index (χ0n) is 32.6. The van der Waals surface area contributed by atoms with E-state index in [0.717, 1.165) is 12.8 Å². The Hall–Kier alpha value is -4.95. The summed E-state index contributed by atoms with van der Waals surface area (Å²) in [6, 6.07) is 9.86. The first kappa shape index (κ1) is 40.2. The van der Waals surface area contributed by atoms with Crippen LogP contribution in [0.15, 0.2) is 36.4 Å². The number of hydrogen-bond donors (Lipinski definition) is 2. The van der Waals surface area contributed by atoms with E-state index in [4.69, 9.17) is 19.2 Å². The molecular formula is C39H55N7O8. The SMILES string of the molecule is CCCCOC(=O)N1CCN(C(=O)[C@H](CCC(=O)OC(C)(C)C)NC(=O)c2cc(N3C[C@@H]4[C@H](C3)[C@H]4NC(=O)OC(C)(C)C)nc(-c3ccccc3)n2)CC1. The number of hydrogen-bond acceptors (Lipinski definition) is 11. The largest absolute Gasteiger partial charge is 0.460 e. The lowest BCUT2D eigenvalue weighted by molar-refractivity contribution is -0.155. The Morgan fingerprint density at radius 3 is 2.11 bits per heavy atom. The number of ether oxygens (including phenoxy) is 3. The van der Waals surface area contributed by atoms with E-state index >= 15 is 0 Å². The number of unbranched alkanes of at least 4 members (excludes halogenated alkanes) is 1. The number of carbonyl (C=O) groups excluding carboxylic acids is 5. The van der Waals surface area contributed by atoms with Gasteiger partial charge >= 0.3 is 18.2 Å². The van der Waals surface area contributed by atoms with Crippen LogP contribution in [-0.2, 0) is 23.8 Å².